The summed E-state index contributed by atoms with van der Waals surface area (Å²) < 4.78 is 4.72. The molecule has 0 aliphatic heterocycles. The first kappa shape index (κ1) is 10.2. The van der Waals surface area contributed by atoms with E-state index in [9.17, 15) is 0 Å². The second-order valence-electron chi connectivity index (χ2n) is 3.10. The minimum Gasteiger partial charge on any atom is -0.375 e. The predicted octanol–water partition coefficient (Wildman–Crippen LogP) is 1.48. The van der Waals surface area contributed by atoms with E-state index in [2.05, 4.69) is 20.3 Å². The maximum Gasteiger partial charge on any atom is 0.180 e. The molecule has 3 aromatic rings. The van der Waals surface area contributed by atoms with Crippen LogP contribution in [0.2, 0.25) is 0 Å². The molecule has 0 aromatic carbocycles. The van der Waals surface area contributed by atoms with Gasteiger partial charge in [0.2, 0.25) is 0 Å². The molecule has 0 spiro atoms. The second kappa shape index (κ2) is 3.79. The quantitative estimate of drug-likeness (QED) is 0.721. The fourth-order valence-corrected chi connectivity index (χ4v) is 2.41. The number of nitrogen functional groups attached to an aromatic ring is 2. The van der Waals surface area contributed by atoms with Gasteiger partial charge in [-0.2, -0.15) is 0 Å². The van der Waals surface area contributed by atoms with E-state index >= 15 is 0 Å². The topological polar surface area (TPSA) is 117 Å². The van der Waals surface area contributed by atoms with Gasteiger partial charge in [0.1, 0.15) is 11.4 Å². The summed E-state index contributed by atoms with van der Waals surface area (Å²) in [6.45, 7) is 0. The maximum absolute atomic E-state index is 5.57. The highest BCUT2D eigenvalue weighted by Crippen LogP contribution is 2.31. The lowest BCUT2D eigenvalue weighted by Gasteiger charge is -1.90. The molecular formula is C8H6N6OS2. The highest BCUT2D eigenvalue weighted by atomic mass is 32.1. The molecule has 0 atom stereocenters. The third-order valence-corrected chi connectivity index (χ3v) is 3.37. The number of aromatic nitrogens is 4. The van der Waals surface area contributed by atoms with Gasteiger partial charge in [-0.05, 0) is 10.3 Å². The van der Waals surface area contributed by atoms with Crippen LogP contribution in [-0.2, 0) is 0 Å². The maximum atomic E-state index is 5.57. The van der Waals surface area contributed by atoms with Gasteiger partial charge >= 0.3 is 0 Å². The molecule has 3 aromatic heterocycles. The normalized spacial score (nSPS) is 10.8. The Hall–Kier alpha value is -2.00. The summed E-state index contributed by atoms with van der Waals surface area (Å²) in [6, 6.07) is 0. The molecule has 3 rings (SSSR count). The number of rotatable bonds is 2. The Morgan fingerprint density at radius 3 is 1.71 bits per heavy atom. The van der Waals surface area contributed by atoms with Crippen LogP contribution in [0.25, 0.3) is 22.8 Å². The fourth-order valence-electron chi connectivity index (χ4n) is 1.32. The van der Waals surface area contributed by atoms with Crippen molar-refractivity contribution >= 4 is 32.9 Å². The van der Waals surface area contributed by atoms with Crippen LogP contribution in [0.5, 0.6) is 0 Å². The third kappa shape index (κ3) is 1.74. The molecule has 3 heterocycles. The molecule has 86 valence electrons. The average Bonchev–Trinajstić information content (AvgIpc) is 2.96. The first-order chi connectivity index (χ1) is 8.24. The second-order valence-corrected chi connectivity index (χ2v) is 4.88. The van der Waals surface area contributed by atoms with E-state index in [0.717, 1.165) is 0 Å². The SMILES string of the molecule is Nc1nc(-c2nonc2-c2csc(N)n2)cs1. The van der Waals surface area contributed by atoms with Crippen molar-refractivity contribution in [2.24, 2.45) is 0 Å². The lowest BCUT2D eigenvalue weighted by molar-refractivity contribution is 0.309. The van der Waals surface area contributed by atoms with Crippen molar-refractivity contribution in [2.45, 2.75) is 0 Å². The van der Waals surface area contributed by atoms with Crippen LogP contribution in [0.1, 0.15) is 0 Å². The molecule has 4 N–H and O–H groups in total. The van der Waals surface area contributed by atoms with Gasteiger partial charge in [-0.15, -0.1) is 22.7 Å². The standard InChI is InChI=1S/C8H6N6OS2/c9-7-11-3(1-16-7)5-6(14-15-13-5)4-2-17-8(10)12-4/h1-2H,(H2,9,11)(H2,10,12). The fraction of sp³-hybridized carbons (Fsp3) is 0. The lowest BCUT2D eigenvalue weighted by atomic mass is 10.2. The third-order valence-electron chi connectivity index (χ3n) is 2.02. The molecule has 0 saturated carbocycles. The lowest BCUT2D eigenvalue weighted by Crippen LogP contribution is -1.87. The zero-order valence-electron chi connectivity index (χ0n) is 8.32. The van der Waals surface area contributed by atoms with Crippen LogP contribution in [0.15, 0.2) is 15.4 Å². The summed E-state index contributed by atoms with van der Waals surface area (Å²) in [5.74, 6) is 0. The van der Waals surface area contributed by atoms with E-state index in [1.807, 2.05) is 0 Å². The van der Waals surface area contributed by atoms with Gasteiger partial charge in [0.15, 0.2) is 21.7 Å². The summed E-state index contributed by atoms with van der Waals surface area (Å²) in [4.78, 5) is 8.25. The van der Waals surface area contributed by atoms with Crippen molar-refractivity contribution in [1.82, 2.24) is 20.3 Å². The number of hydrogen-bond acceptors (Lipinski definition) is 9. The van der Waals surface area contributed by atoms with Crippen molar-refractivity contribution in [3.63, 3.8) is 0 Å². The molecule has 0 amide bonds. The molecule has 0 fully saturated rings. The largest absolute Gasteiger partial charge is 0.375 e. The number of nitrogens with two attached hydrogens (primary N) is 2. The first-order valence-electron chi connectivity index (χ1n) is 4.49. The van der Waals surface area contributed by atoms with E-state index in [1.54, 1.807) is 10.8 Å². The zero-order valence-corrected chi connectivity index (χ0v) is 9.96. The van der Waals surface area contributed by atoms with Crippen LogP contribution in [0.4, 0.5) is 10.3 Å². The molecule has 7 nitrogen and oxygen atoms in total. The van der Waals surface area contributed by atoms with Crippen LogP contribution in [-0.4, -0.2) is 20.3 Å². The minimum atomic E-state index is 0.465. The number of hydrogen-bond donors (Lipinski definition) is 2. The van der Waals surface area contributed by atoms with Crippen LogP contribution >= 0.6 is 22.7 Å². The zero-order chi connectivity index (χ0) is 11.8. The van der Waals surface area contributed by atoms with Crippen LogP contribution in [0.3, 0.4) is 0 Å². The van der Waals surface area contributed by atoms with E-state index in [4.69, 9.17) is 16.1 Å². The van der Waals surface area contributed by atoms with E-state index < -0.39 is 0 Å². The van der Waals surface area contributed by atoms with Crippen LogP contribution < -0.4 is 11.5 Å². The van der Waals surface area contributed by atoms with Crippen LogP contribution in [0, 0.1) is 0 Å². The van der Waals surface area contributed by atoms with E-state index in [1.165, 1.54) is 22.7 Å². The van der Waals surface area contributed by atoms with Gasteiger partial charge in [-0.3, -0.25) is 0 Å². The Morgan fingerprint density at radius 2 is 1.35 bits per heavy atom. The van der Waals surface area contributed by atoms with Gasteiger partial charge in [-0.1, -0.05) is 0 Å². The molecule has 0 saturated heterocycles. The molecule has 9 heteroatoms. The van der Waals surface area contributed by atoms with E-state index in [-0.39, 0.29) is 0 Å². The molecule has 0 aliphatic rings. The molecule has 17 heavy (non-hydrogen) atoms. The summed E-state index contributed by atoms with van der Waals surface area (Å²) >= 11 is 2.65. The predicted molar refractivity (Wildman–Crippen MR) is 65.3 cm³/mol. The Balaban J connectivity index is 2.11. The Kier molecular flexibility index (Phi) is 2.27. The summed E-state index contributed by atoms with van der Waals surface area (Å²) in [5.41, 5.74) is 13.4. The van der Waals surface area contributed by atoms with Crippen molar-refractivity contribution in [3.05, 3.63) is 10.8 Å². The monoisotopic (exact) mass is 266 g/mol. The molecular weight excluding hydrogens is 260 g/mol. The first-order valence-corrected chi connectivity index (χ1v) is 6.25. The molecule has 0 unspecified atom stereocenters. The van der Waals surface area contributed by atoms with Crippen molar-refractivity contribution in [2.75, 3.05) is 11.5 Å². The van der Waals surface area contributed by atoms with Gasteiger partial charge in [0, 0.05) is 10.8 Å². The van der Waals surface area contributed by atoms with Crippen molar-refractivity contribution < 1.29 is 4.63 Å². The molecule has 0 aliphatic carbocycles. The van der Waals surface area contributed by atoms with E-state index in [0.29, 0.717) is 33.0 Å². The van der Waals surface area contributed by atoms with Gasteiger partial charge in [0.25, 0.3) is 0 Å². The molecule has 0 radical (unpaired) electrons. The van der Waals surface area contributed by atoms with Gasteiger partial charge < -0.3 is 11.5 Å². The Labute approximate surface area is 103 Å². The van der Waals surface area contributed by atoms with Gasteiger partial charge in [-0.25, -0.2) is 14.6 Å². The van der Waals surface area contributed by atoms with Gasteiger partial charge in [0.05, 0.1) is 0 Å². The van der Waals surface area contributed by atoms with Crippen molar-refractivity contribution in [3.8, 4) is 22.8 Å². The highest BCUT2D eigenvalue weighted by Gasteiger charge is 2.18. The minimum absolute atomic E-state index is 0.465. The number of nitrogens with zero attached hydrogens (tertiary/aromatic N) is 4. The number of thiazole rings is 2. The Bertz CT molecular complexity index is 602. The average molecular weight is 266 g/mol. The highest BCUT2D eigenvalue weighted by molar-refractivity contribution is 7.14. The summed E-state index contributed by atoms with van der Waals surface area (Å²) in [6.07, 6.45) is 0. The number of anilines is 2. The summed E-state index contributed by atoms with van der Waals surface area (Å²) in [5, 5.41) is 12.1. The molecule has 0 bridgehead atoms. The Morgan fingerprint density at radius 1 is 0.882 bits per heavy atom. The summed E-state index contributed by atoms with van der Waals surface area (Å²) in [7, 11) is 0. The smallest absolute Gasteiger partial charge is 0.180 e. The van der Waals surface area contributed by atoms with Crippen molar-refractivity contribution in [1.29, 1.82) is 0 Å².